The molecule has 0 fully saturated rings. The van der Waals surface area contributed by atoms with E-state index in [-0.39, 0.29) is 5.56 Å². The van der Waals surface area contributed by atoms with Gasteiger partial charge in [-0.2, -0.15) is 13.2 Å². The van der Waals surface area contributed by atoms with Crippen LogP contribution in [0.5, 0.6) is 0 Å². The molecule has 0 unspecified atom stereocenters. The van der Waals surface area contributed by atoms with Gasteiger partial charge in [-0.25, -0.2) is 0 Å². The molecular formula is C10H11BrF3NO. The quantitative estimate of drug-likeness (QED) is 0.468. The fraction of sp³-hybridized carbons (Fsp3) is 0.300. The lowest BCUT2D eigenvalue weighted by Crippen LogP contribution is -2.08. The van der Waals surface area contributed by atoms with E-state index >= 15 is 0 Å². The highest BCUT2D eigenvalue weighted by Crippen LogP contribution is 2.33. The first-order valence-electron chi connectivity index (χ1n) is 4.49. The Labute approximate surface area is 99.9 Å². The van der Waals surface area contributed by atoms with Crippen LogP contribution in [0.25, 0.3) is 0 Å². The Morgan fingerprint density at radius 2 is 1.88 bits per heavy atom. The van der Waals surface area contributed by atoms with Crippen molar-refractivity contribution in [2.75, 3.05) is 0 Å². The third kappa shape index (κ3) is 4.22. The molecule has 0 atom stereocenters. The summed E-state index contributed by atoms with van der Waals surface area (Å²) in [6.45, 7) is 4.00. The van der Waals surface area contributed by atoms with Gasteiger partial charge in [-0.1, -0.05) is 41.0 Å². The fourth-order valence-electron chi connectivity index (χ4n) is 0.949. The maximum absolute atomic E-state index is 12.4. The van der Waals surface area contributed by atoms with Gasteiger partial charge in [-0.05, 0) is 12.1 Å². The monoisotopic (exact) mass is 297 g/mol. The standard InChI is InChI=1S/C8H5BrF3NO.C2H6/c9-6-2-1-5(4-13-14)7(3-6)8(10,11)12;1-2/h1-4,14H;1-2H3/b13-4+;. The number of halogens is 4. The van der Waals surface area contributed by atoms with Crippen LogP contribution in [0.4, 0.5) is 13.2 Å². The molecule has 0 bridgehead atoms. The number of oxime groups is 1. The molecule has 0 radical (unpaired) electrons. The summed E-state index contributed by atoms with van der Waals surface area (Å²) in [5.74, 6) is 0. The molecule has 0 heterocycles. The molecule has 1 N–H and O–H groups in total. The summed E-state index contributed by atoms with van der Waals surface area (Å²) < 4.78 is 37.5. The Hall–Kier alpha value is -1.04. The molecule has 0 amide bonds. The molecule has 1 rings (SSSR count). The summed E-state index contributed by atoms with van der Waals surface area (Å²) in [6, 6.07) is 3.58. The van der Waals surface area contributed by atoms with Gasteiger partial charge in [0.1, 0.15) is 0 Å². The molecule has 0 aliphatic rings. The molecule has 0 spiro atoms. The van der Waals surface area contributed by atoms with E-state index in [1.807, 2.05) is 13.8 Å². The number of alkyl halides is 3. The summed E-state index contributed by atoms with van der Waals surface area (Å²) in [5, 5.41) is 10.7. The summed E-state index contributed by atoms with van der Waals surface area (Å²) in [5.41, 5.74) is -1.02. The van der Waals surface area contributed by atoms with Crippen LogP contribution in [0.15, 0.2) is 27.8 Å². The first-order chi connectivity index (χ1) is 7.45. The Kier molecular flexibility index (Phi) is 6.10. The molecule has 0 aliphatic carbocycles. The van der Waals surface area contributed by atoms with E-state index in [1.165, 1.54) is 12.1 Å². The maximum Gasteiger partial charge on any atom is 0.417 e. The second-order valence-corrected chi connectivity index (χ2v) is 3.39. The molecule has 90 valence electrons. The summed E-state index contributed by atoms with van der Waals surface area (Å²) in [7, 11) is 0. The van der Waals surface area contributed by atoms with Crippen molar-refractivity contribution < 1.29 is 18.4 Å². The number of nitrogens with zero attached hydrogens (tertiary/aromatic N) is 1. The molecule has 0 saturated heterocycles. The van der Waals surface area contributed by atoms with Crippen LogP contribution >= 0.6 is 15.9 Å². The van der Waals surface area contributed by atoms with E-state index in [9.17, 15) is 13.2 Å². The van der Waals surface area contributed by atoms with Gasteiger partial charge in [0.15, 0.2) is 0 Å². The van der Waals surface area contributed by atoms with Crippen molar-refractivity contribution in [2.45, 2.75) is 20.0 Å². The average Bonchev–Trinajstić information content (AvgIpc) is 2.22. The Balaban J connectivity index is 0.00000106. The van der Waals surface area contributed by atoms with Crippen molar-refractivity contribution in [3.05, 3.63) is 33.8 Å². The lowest BCUT2D eigenvalue weighted by Gasteiger charge is -2.09. The van der Waals surface area contributed by atoms with Crippen LogP contribution in [-0.4, -0.2) is 11.4 Å². The van der Waals surface area contributed by atoms with Gasteiger partial charge in [0, 0.05) is 10.0 Å². The van der Waals surface area contributed by atoms with E-state index in [0.717, 1.165) is 12.3 Å². The zero-order valence-corrected chi connectivity index (χ0v) is 10.3. The van der Waals surface area contributed by atoms with Crippen LogP contribution in [0.3, 0.4) is 0 Å². The Morgan fingerprint density at radius 1 is 1.31 bits per heavy atom. The first kappa shape index (κ1) is 15.0. The molecule has 6 heteroatoms. The summed E-state index contributed by atoms with van der Waals surface area (Å²) >= 11 is 2.93. The lowest BCUT2D eigenvalue weighted by molar-refractivity contribution is -0.137. The van der Waals surface area contributed by atoms with Crippen molar-refractivity contribution in [2.24, 2.45) is 5.16 Å². The van der Waals surface area contributed by atoms with Crippen molar-refractivity contribution >= 4 is 22.1 Å². The van der Waals surface area contributed by atoms with Crippen LogP contribution in [0.1, 0.15) is 25.0 Å². The highest BCUT2D eigenvalue weighted by Gasteiger charge is 2.33. The fourth-order valence-corrected chi connectivity index (χ4v) is 1.31. The highest BCUT2D eigenvalue weighted by molar-refractivity contribution is 9.10. The second-order valence-electron chi connectivity index (χ2n) is 2.47. The zero-order chi connectivity index (χ0) is 12.8. The first-order valence-corrected chi connectivity index (χ1v) is 5.28. The SMILES string of the molecule is CC.O/N=C/c1ccc(Br)cc1C(F)(F)F. The molecule has 2 nitrogen and oxygen atoms in total. The lowest BCUT2D eigenvalue weighted by atomic mass is 10.1. The van der Waals surface area contributed by atoms with Crippen LogP contribution in [-0.2, 0) is 6.18 Å². The number of rotatable bonds is 1. The van der Waals surface area contributed by atoms with Gasteiger partial charge < -0.3 is 5.21 Å². The molecule has 0 aromatic heterocycles. The smallest absolute Gasteiger partial charge is 0.411 e. The summed E-state index contributed by atoms with van der Waals surface area (Å²) in [4.78, 5) is 0. The van der Waals surface area contributed by atoms with Crippen molar-refractivity contribution in [1.82, 2.24) is 0 Å². The molecule has 16 heavy (non-hydrogen) atoms. The van der Waals surface area contributed by atoms with E-state index in [2.05, 4.69) is 21.1 Å². The van der Waals surface area contributed by atoms with Crippen LogP contribution < -0.4 is 0 Å². The topological polar surface area (TPSA) is 32.6 Å². The minimum atomic E-state index is -4.46. The molecular weight excluding hydrogens is 287 g/mol. The second kappa shape index (κ2) is 6.52. The van der Waals surface area contributed by atoms with Gasteiger partial charge >= 0.3 is 6.18 Å². The van der Waals surface area contributed by atoms with Crippen molar-refractivity contribution in [3.63, 3.8) is 0 Å². The van der Waals surface area contributed by atoms with Gasteiger partial charge in [0.05, 0.1) is 11.8 Å². The maximum atomic E-state index is 12.4. The Morgan fingerprint density at radius 3 is 2.31 bits per heavy atom. The summed E-state index contributed by atoms with van der Waals surface area (Å²) in [6.07, 6.45) is -3.71. The van der Waals surface area contributed by atoms with E-state index < -0.39 is 11.7 Å². The predicted octanol–water partition coefficient (Wildman–Crippen LogP) is 4.30. The van der Waals surface area contributed by atoms with Crippen LogP contribution in [0, 0.1) is 0 Å². The van der Waals surface area contributed by atoms with Gasteiger partial charge in [0.2, 0.25) is 0 Å². The number of hydrogen-bond donors (Lipinski definition) is 1. The molecule has 1 aromatic carbocycles. The van der Waals surface area contributed by atoms with E-state index in [0.29, 0.717) is 4.47 Å². The molecule has 0 saturated carbocycles. The minimum Gasteiger partial charge on any atom is -0.411 e. The highest BCUT2D eigenvalue weighted by atomic mass is 79.9. The molecule has 1 aromatic rings. The van der Waals surface area contributed by atoms with Gasteiger partial charge in [-0.15, -0.1) is 0 Å². The normalized spacial score (nSPS) is 11.1. The van der Waals surface area contributed by atoms with Gasteiger partial charge in [0.25, 0.3) is 0 Å². The van der Waals surface area contributed by atoms with E-state index in [1.54, 1.807) is 0 Å². The Bertz CT molecular complexity index is 364. The zero-order valence-electron chi connectivity index (χ0n) is 8.72. The third-order valence-electron chi connectivity index (χ3n) is 1.52. The van der Waals surface area contributed by atoms with Crippen LogP contribution in [0.2, 0.25) is 0 Å². The number of hydrogen-bond acceptors (Lipinski definition) is 2. The molecule has 0 aliphatic heterocycles. The predicted molar refractivity (Wildman–Crippen MR) is 59.9 cm³/mol. The van der Waals surface area contributed by atoms with Crippen molar-refractivity contribution in [1.29, 1.82) is 0 Å². The average molecular weight is 298 g/mol. The van der Waals surface area contributed by atoms with Crippen molar-refractivity contribution in [3.8, 4) is 0 Å². The third-order valence-corrected chi connectivity index (χ3v) is 2.01. The minimum absolute atomic E-state index is 0.178. The van der Waals surface area contributed by atoms with E-state index in [4.69, 9.17) is 5.21 Å². The number of benzene rings is 1. The largest absolute Gasteiger partial charge is 0.417 e. The van der Waals surface area contributed by atoms with Gasteiger partial charge in [-0.3, -0.25) is 0 Å².